The van der Waals surface area contributed by atoms with Crippen LogP contribution in [0.3, 0.4) is 0 Å². The van der Waals surface area contributed by atoms with Gasteiger partial charge in [0, 0.05) is 11.1 Å². The highest BCUT2D eigenvalue weighted by Gasteiger charge is 2.16. The first-order valence-electron chi connectivity index (χ1n) is 5.11. The molecule has 0 unspecified atom stereocenters. The number of pyridine rings is 1. The predicted molar refractivity (Wildman–Crippen MR) is 65.5 cm³/mol. The van der Waals surface area contributed by atoms with E-state index in [-0.39, 0.29) is 11.7 Å². The monoisotopic (exact) mass is 250 g/mol. The molecule has 0 N–H and O–H groups in total. The Hall–Kier alpha value is -1.54. The van der Waals surface area contributed by atoms with Crippen LogP contribution < -0.4 is 0 Å². The van der Waals surface area contributed by atoms with E-state index in [2.05, 4.69) is 4.98 Å². The van der Waals surface area contributed by atoms with Gasteiger partial charge in [0.1, 0.15) is 17.4 Å². The zero-order valence-corrected chi connectivity index (χ0v) is 10.9. The second kappa shape index (κ2) is 5.69. The van der Waals surface area contributed by atoms with Crippen molar-refractivity contribution >= 4 is 17.7 Å². The Labute approximate surface area is 105 Å². The number of ether oxygens (including phenoxy) is 1. The SMILES string of the molecule is CC(C)(C)OC(=O)CSc1ccc(C#N)nc1. The Morgan fingerprint density at radius 2 is 2.24 bits per heavy atom. The van der Waals surface area contributed by atoms with E-state index in [1.54, 1.807) is 18.3 Å². The standard InChI is InChI=1S/C12H14N2O2S/c1-12(2,3)16-11(15)8-17-10-5-4-9(6-13)14-7-10/h4-5,7H,8H2,1-3H3. The van der Waals surface area contributed by atoms with Crippen LogP contribution in [0.15, 0.2) is 23.2 Å². The molecule has 0 saturated carbocycles. The Kier molecular flexibility index (Phi) is 4.53. The molecule has 17 heavy (non-hydrogen) atoms. The van der Waals surface area contributed by atoms with E-state index >= 15 is 0 Å². The van der Waals surface area contributed by atoms with Gasteiger partial charge in [-0.1, -0.05) is 0 Å². The van der Waals surface area contributed by atoms with Crippen LogP contribution in [-0.4, -0.2) is 22.3 Å². The van der Waals surface area contributed by atoms with Gasteiger partial charge in [-0.05, 0) is 32.9 Å². The average Bonchev–Trinajstić information content (AvgIpc) is 2.25. The maximum absolute atomic E-state index is 11.4. The van der Waals surface area contributed by atoms with Crippen LogP contribution in [0.5, 0.6) is 0 Å². The van der Waals surface area contributed by atoms with E-state index < -0.39 is 5.60 Å². The van der Waals surface area contributed by atoms with Crippen molar-refractivity contribution in [3.05, 3.63) is 24.0 Å². The Bertz CT molecular complexity index is 429. The lowest BCUT2D eigenvalue weighted by Gasteiger charge is -2.19. The highest BCUT2D eigenvalue weighted by Crippen LogP contribution is 2.18. The van der Waals surface area contributed by atoms with Gasteiger partial charge in [-0.15, -0.1) is 11.8 Å². The minimum atomic E-state index is -0.458. The molecule has 1 aromatic heterocycles. The van der Waals surface area contributed by atoms with Crippen LogP contribution in [0, 0.1) is 11.3 Å². The van der Waals surface area contributed by atoms with Crippen LogP contribution >= 0.6 is 11.8 Å². The summed E-state index contributed by atoms with van der Waals surface area (Å²) in [6, 6.07) is 5.33. The molecule has 0 atom stereocenters. The van der Waals surface area contributed by atoms with Crippen LogP contribution in [0.25, 0.3) is 0 Å². The van der Waals surface area contributed by atoms with E-state index in [0.29, 0.717) is 5.69 Å². The molecule has 0 bridgehead atoms. The molecule has 0 aliphatic carbocycles. The molecule has 0 aliphatic rings. The molecule has 0 amide bonds. The summed E-state index contributed by atoms with van der Waals surface area (Å²) in [5, 5.41) is 8.58. The number of nitriles is 1. The minimum absolute atomic E-state index is 0.241. The molecule has 90 valence electrons. The van der Waals surface area contributed by atoms with E-state index in [9.17, 15) is 4.79 Å². The van der Waals surface area contributed by atoms with Gasteiger partial charge < -0.3 is 4.74 Å². The minimum Gasteiger partial charge on any atom is -0.459 e. The van der Waals surface area contributed by atoms with Crippen molar-refractivity contribution in [1.29, 1.82) is 5.26 Å². The van der Waals surface area contributed by atoms with Crippen LogP contribution in [-0.2, 0) is 9.53 Å². The third-order valence-corrected chi connectivity index (χ3v) is 2.58. The van der Waals surface area contributed by atoms with Crippen LogP contribution in [0.1, 0.15) is 26.5 Å². The highest BCUT2D eigenvalue weighted by molar-refractivity contribution is 8.00. The highest BCUT2D eigenvalue weighted by atomic mass is 32.2. The molecule has 0 radical (unpaired) electrons. The predicted octanol–water partition coefficient (Wildman–Crippen LogP) is 2.39. The lowest BCUT2D eigenvalue weighted by molar-refractivity contribution is -0.151. The van der Waals surface area contributed by atoms with Crippen molar-refractivity contribution in [2.24, 2.45) is 0 Å². The van der Waals surface area contributed by atoms with Gasteiger partial charge in [-0.2, -0.15) is 5.26 Å². The zero-order valence-electron chi connectivity index (χ0n) is 10.1. The third kappa shape index (κ3) is 5.36. The maximum Gasteiger partial charge on any atom is 0.316 e. The summed E-state index contributed by atoms with van der Waals surface area (Å²) in [6.45, 7) is 5.50. The molecule has 0 aliphatic heterocycles. The lowest BCUT2D eigenvalue weighted by atomic mass is 10.2. The van der Waals surface area contributed by atoms with Gasteiger partial charge in [0.2, 0.25) is 0 Å². The van der Waals surface area contributed by atoms with Crippen molar-refractivity contribution in [3.63, 3.8) is 0 Å². The molecule has 0 saturated heterocycles. The normalized spacial score (nSPS) is 10.7. The first-order valence-corrected chi connectivity index (χ1v) is 6.10. The second-order valence-electron chi connectivity index (χ2n) is 4.37. The molecular weight excluding hydrogens is 236 g/mol. The maximum atomic E-state index is 11.4. The fraction of sp³-hybridized carbons (Fsp3) is 0.417. The third-order valence-electron chi connectivity index (χ3n) is 1.63. The zero-order chi connectivity index (χ0) is 12.9. The lowest BCUT2D eigenvalue weighted by Crippen LogP contribution is -2.24. The van der Waals surface area contributed by atoms with Gasteiger partial charge in [-0.25, -0.2) is 4.98 Å². The molecule has 0 spiro atoms. The summed E-state index contributed by atoms with van der Waals surface area (Å²) in [7, 11) is 0. The van der Waals surface area contributed by atoms with E-state index in [0.717, 1.165) is 4.90 Å². The summed E-state index contributed by atoms with van der Waals surface area (Å²) >= 11 is 1.34. The summed E-state index contributed by atoms with van der Waals surface area (Å²) < 4.78 is 5.17. The van der Waals surface area contributed by atoms with Gasteiger partial charge in [0.25, 0.3) is 0 Å². The topological polar surface area (TPSA) is 63.0 Å². The molecule has 1 heterocycles. The first kappa shape index (κ1) is 13.5. The van der Waals surface area contributed by atoms with Crippen molar-refractivity contribution in [2.45, 2.75) is 31.3 Å². The van der Waals surface area contributed by atoms with Crippen LogP contribution in [0.4, 0.5) is 0 Å². The number of thioether (sulfide) groups is 1. The molecule has 4 nitrogen and oxygen atoms in total. The number of hydrogen-bond acceptors (Lipinski definition) is 5. The van der Waals surface area contributed by atoms with Gasteiger partial charge in [0.05, 0.1) is 5.75 Å². The number of carbonyl (C=O) groups is 1. The number of esters is 1. The Balaban J connectivity index is 2.45. The fourth-order valence-electron chi connectivity index (χ4n) is 1.05. The molecule has 0 aromatic carbocycles. The number of nitrogens with zero attached hydrogens (tertiary/aromatic N) is 2. The number of hydrogen-bond donors (Lipinski definition) is 0. The summed E-state index contributed by atoms with van der Waals surface area (Å²) in [5.41, 5.74) is -0.0905. The van der Waals surface area contributed by atoms with Crippen molar-refractivity contribution in [2.75, 3.05) is 5.75 Å². The Morgan fingerprint density at radius 1 is 1.53 bits per heavy atom. The molecule has 1 rings (SSSR count). The van der Waals surface area contributed by atoms with Crippen molar-refractivity contribution < 1.29 is 9.53 Å². The molecular formula is C12H14N2O2S. The van der Waals surface area contributed by atoms with Crippen LogP contribution in [0.2, 0.25) is 0 Å². The van der Waals surface area contributed by atoms with Gasteiger partial charge >= 0.3 is 5.97 Å². The molecule has 1 aromatic rings. The van der Waals surface area contributed by atoms with Gasteiger partial charge in [-0.3, -0.25) is 4.79 Å². The number of carbonyl (C=O) groups excluding carboxylic acids is 1. The van der Waals surface area contributed by atoms with Gasteiger partial charge in [0.15, 0.2) is 0 Å². The fourth-order valence-corrected chi connectivity index (χ4v) is 1.68. The quantitative estimate of drug-likeness (QED) is 0.609. The smallest absolute Gasteiger partial charge is 0.316 e. The number of rotatable bonds is 3. The number of aromatic nitrogens is 1. The second-order valence-corrected chi connectivity index (χ2v) is 5.41. The van der Waals surface area contributed by atoms with Crippen molar-refractivity contribution in [3.8, 4) is 6.07 Å². The van der Waals surface area contributed by atoms with E-state index in [1.165, 1.54) is 11.8 Å². The summed E-state index contributed by atoms with van der Waals surface area (Å²) in [5.74, 6) is -0.0166. The molecule has 5 heteroatoms. The van der Waals surface area contributed by atoms with E-state index in [1.807, 2.05) is 26.8 Å². The summed E-state index contributed by atoms with van der Waals surface area (Å²) in [6.07, 6.45) is 1.58. The largest absolute Gasteiger partial charge is 0.459 e. The van der Waals surface area contributed by atoms with Crippen molar-refractivity contribution in [1.82, 2.24) is 4.98 Å². The first-order chi connectivity index (χ1) is 7.90. The Morgan fingerprint density at radius 3 is 2.71 bits per heavy atom. The average molecular weight is 250 g/mol. The summed E-state index contributed by atoms with van der Waals surface area (Å²) in [4.78, 5) is 16.2. The molecule has 0 fully saturated rings. The van der Waals surface area contributed by atoms with E-state index in [4.69, 9.17) is 10.00 Å².